The third-order valence-corrected chi connectivity index (χ3v) is 6.88. The van der Waals surface area contributed by atoms with Crippen LogP contribution in [0, 0.1) is 11.8 Å². The number of fused-ring (bicyclic) bond motifs is 2. The van der Waals surface area contributed by atoms with Gasteiger partial charge in [0, 0.05) is 44.1 Å². The fraction of sp³-hybridized carbons (Fsp3) is 0.652. The van der Waals surface area contributed by atoms with Crippen molar-refractivity contribution in [2.24, 2.45) is 11.8 Å². The molecule has 4 rings (SSSR count). The van der Waals surface area contributed by atoms with Crippen molar-refractivity contribution in [1.29, 1.82) is 0 Å². The Kier molecular flexibility index (Phi) is 6.38. The second kappa shape index (κ2) is 9.16. The van der Waals surface area contributed by atoms with E-state index in [-0.39, 0.29) is 17.7 Å². The summed E-state index contributed by atoms with van der Waals surface area (Å²) in [6, 6.07) is 9.00. The Morgan fingerprint density at radius 2 is 1.72 bits per heavy atom. The van der Waals surface area contributed by atoms with Crippen molar-refractivity contribution < 1.29 is 14.3 Å². The van der Waals surface area contributed by atoms with Gasteiger partial charge in [-0.3, -0.25) is 9.59 Å². The van der Waals surface area contributed by atoms with E-state index in [0.29, 0.717) is 44.1 Å². The fourth-order valence-corrected chi connectivity index (χ4v) is 5.19. The number of nitrogens with zero attached hydrogens (tertiary/aromatic N) is 1. The Morgan fingerprint density at radius 3 is 2.34 bits per heavy atom. The lowest BCUT2D eigenvalue weighted by atomic mass is 9.88. The first kappa shape index (κ1) is 20.2. The van der Waals surface area contributed by atoms with E-state index < -0.39 is 0 Å². The number of piperidine rings is 2. The molecule has 3 fully saturated rings. The molecule has 29 heavy (non-hydrogen) atoms. The number of nitrogens with one attached hydrogen (secondary N) is 2. The summed E-state index contributed by atoms with van der Waals surface area (Å²) >= 11 is 0. The number of benzene rings is 1. The zero-order valence-corrected chi connectivity index (χ0v) is 17.4. The number of likely N-dealkylation sites (tertiary alicyclic amines) is 1. The molecule has 6 nitrogen and oxygen atoms in total. The molecule has 3 heterocycles. The summed E-state index contributed by atoms with van der Waals surface area (Å²) in [5.74, 6) is 1.74. The van der Waals surface area contributed by atoms with Crippen LogP contribution in [0.2, 0.25) is 0 Å². The lowest BCUT2D eigenvalue weighted by Gasteiger charge is -2.34. The molecule has 2 unspecified atom stereocenters. The van der Waals surface area contributed by atoms with Crippen molar-refractivity contribution in [3.8, 4) is 5.75 Å². The average Bonchev–Trinajstić information content (AvgIpc) is 3.10. The van der Waals surface area contributed by atoms with Crippen LogP contribution < -0.4 is 15.4 Å². The van der Waals surface area contributed by atoms with Crippen molar-refractivity contribution in [3.63, 3.8) is 0 Å². The monoisotopic (exact) mass is 399 g/mol. The van der Waals surface area contributed by atoms with Gasteiger partial charge in [0.05, 0.1) is 7.11 Å². The van der Waals surface area contributed by atoms with E-state index in [1.807, 2.05) is 29.2 Å². The molecule has 1 aromatic carbocycles. The van der Waals surface area contributed by atoms with E-state index in [1.165, 1.54) is 12.8 Å². The van der Waals surface area contributed by atoms with Crippen LogP contribution in [0.5, 0.6) is 5.75 Å². The zero-order chi connectivity index (χ0) is 20.2. The number of hydrogen-bond donors (Lipinski definition) is 2. The van der Waals surface area contributed by atoms with Crippen LogP contribution in [0.3, 0.4) is 0 Å². The number of hydrogen-bond acceptors (Lipinski definition) is 4. The fourth-order valence-electron chi connectivity index (χ4n) is 5.19. The predicted molar refractivity (Wildman–Crippen MR) is 111 cm³/mol. The third kappa shape index (κ3) is 5.10. The number of carbonyl (C=O) groups excluding carboxylic acids is 2. The molecule has 2 N–H and O–H groups in total. The molecule has 3 aliphatic heterocycles. The van der Waals surface area contributed by atoms with Gasteiger partial charge in [0.1, 0.15) is 5.75 Å². The minimum Gasteiger partial charge on any atom is -0.497 e. The second-order valence-corrected chi connectivity index (χ2v) is 8.90. The first-order valence-electron chi connectivity index (χ1n) is 11.0. The number of carbonyl (C=O) groups is 2. The SMILES string of the molecule is COc1ccc(CNC(=O)C2CCN(C(=O)CC3CC4CCC(C3)N4)CC2)cc1. The topological polar surface area (TPSA) is 70.7 Å². The smallest absolute Gasteiger partial charge is 0.223 e. The Hall–Kier alpha value is -2.08. The van der Waals surface area contributed by atoms with Crippen molar-refractivity contribution in [2.45, 2.75) is 63.6 Å². The highest BCUT2D eigenvalue weighted by Gasteiger charge is 2.35. The molecule has 0 aliphatic carbocycles. The summed E-state index contributed by atoms with van der Waals surface area (Å²) in [5.41, 5.74) is 1.06. The van der Waals surface area contributed by atoms with Gasteiger partial charge >= 0.3 is 0 Å². The Labute approximate surface area is 173 Å². The van der Waals surface area contributed by atoms with Crippen LogP contribution in [0.4, 0.5) is 0 Å². The maximum absolute atomic E-state index is 12.7. The highest BCUT2D eigenvalue weighted by Crippen LogP contribution is 2.33. The van der Waals surface area contributed by atoms with E-state index in [4.69, 9.17) is 4.74 Å². The molecule has 3 aliphatic rings. The molecular formula is C23H33N3O3. The molecule has 2 amide bonds. The number of amides is 2. The van der Waals surface area contributed by atoms with E-state index in [0.717, 1.165) is 37.0 Å². The Balaban J connectivity index is 1.18. The summed E-state index contributed by atoms with van der Waals surface area (Å²) in [4.78, 5) is 27.2. The van der Waals surface area contributed by atoms with Crippen LogP contribution in [0.15, 0.2) is 24.3 Å². The van der Waals surface area contributed by atoms with E-state index in [1.54, 1.807) is 7.11 Å². The minimum absolute atomic E-state index is 0.00650. The molecular weight excluding hydrogens is 366 g/mol. The van der Waals surface area contributed by atoms with E-state index in [2.05, 4.69) is 10.6 Å². The average molecular weight is 400 g/mol. The summed E-state index contributed by atoms with van der Waals surface area (Å²) in [6.07, 6.45) is 7.04. The first-order valence-corrected chi connectivity index (χ1v) is 11.0. The van der Waals surface area contributed by atoms with Crippen LogP contribution in [-0.4, -0.2) is 49.0 Å². The highest BCUT2D eigenvalue weighted by molar-refractivity contribution is 5.80. The zero-order valence-electron chi connectivity index (χ0n) is 17.4. The lowest BCUT2D eigenvalue weighted by Crippen LogP contribution is -2.44. The molecule has 6 heteroatoms. The van der Waals surface area contributed by atoms with Crippen molar-refractivity contribution >= 4 is 11.8 Å². The Morgan fingerprint density at radius 1 is 1.07 bits per heavy atom. The summed E-state index contributed by atoms with van der Waals surface area (Å²) < 4.78 is 5.16. The van der Waals surface area contributed by atoms with Gasteiger partial charge in [-0.1, -0.05) is 12.1 Å². The molecule has 0 saturated carbocycles. The van der Waals surface area contributed by atoms with Crippen LogP contribution in [-0.2, 0) is 16.1 Å². The molecule has 0 radical (unpaired) electrons. The number of methoxy groups -OCH3 is 1. The van der Waals surface area contributed by atoms with E-state index >= 15 is 0 Å². The molecule has 1 aromatic rings. The quantitative estimate of drug-likeness (QED) is 0.771. The Bertz CT molecular complexity index is 701. The maximum Gasteiger partial charge on any atom is 0.223 e. The van der Waals surface area contributed by atoms with Crippen LogP contribution >= 0.6 is 0 Å². The van der Waals surface area contributed by atoms with Crippen LogP contribution in [0.25, 0.3) is 0 Å². The third-order valence-electron chi connectivity index (χ3n) is 6.88. The van der Waals surface area contributed by atoms with E-state index in [9.17, 15) is 9.59 Å². The van der Waals surface area contributed by atoms with Gasteiger partial charge in [0.2, 0.25) is 11.8 Å². The van der Waals surface area contributed by atoms with Crippen molar-refractivity contribution in [3.05, 3.63) is 29.8 Å². The lowest BCUT2D eigenvalue weighted by molar-refractivity contribution is -0.136. The van der Waals surface area contributed by atoms with Gasteiger partial charge in [-0.2, -0.15) is 0 Å². The standard InChI is InChI=1S/C23H33N3O3/c1-29-21-6-2-16(3-7-21)15-24-23(28)18-8-10-26(11-9-18)22(27)14-17-12-19-4-5-20(13-17)25-19/h2-3,6-7,17-20,25H,4-5,8-15H2,1H3,(H,24,28). The summed E-state index contributed by atoms with van der Waals surface area (Å²) in [7, 11) is 1.64. The normalized spacial score (nSPS) is 26.9. The van der Waals surface area contributed by atoms with Gasteiger partial charge in [0.15, 0.2) is 0 Å². The highest BCUT2D eigenvalue weighted by atomic mass is 16.5. The molecule has 0 spiro atoms. The molecule has 3 saturated heterocycles. The van der Waals surface area contributed by atoms with Gasteiger partial charge in [-0.05, 0) is 62.1 Å². The predicted octanol–water partition coefficient (Wildman–Crippen LogP) is 2.47. The summed E-state index contributed by atoms with van der Waals surface area (Å²) in [6.45, 7) is 1.94. The van der Waals surface area contributed by atoms with Gasteiger partial charge in [0.25, 0.3) is 0 Å². The molecule has 0 aromatic heterocycles. The number of rotatable bonds is 6. The summed E-state index contributed by atoms with van der Waals surface area (Å²) in [5, 5.41) is 6.69. The van der Waals surface area contributed by atoms with Crippen molar-refractivity contribution in [1.82, 2.24) is 15.5 Å². The molecule has 2 atom stereocenters. The molecule has 2 bridgehead atoms. The first-order chi connectivity index (χ1) is 14.1. The minimum atomic E-state index is 0.00650. The second-order valence-electron chi connectivity index (χ2n) is 8.90. The van der Waals surface area contributed by atoms with Gasteiger partial charge in [-0.25, -0.2) is 0 Å². The van der Waals surface area contributed by atoms with Crippen molar-refractivity contribution in [2.75, 3.05) is 20.2 Å². The maximum atomic E-state index is 12.7. The number of ether oxygens (including phenoxy) is 1. The largest absolute Gasteiger partial charge is 0.497 e. The van der Waals surface area contributed by atoms with Crippen LogP contribution in [0.1, 0.15) is 50.5 Å². The van der Waals surface area contributed by atoms with Gasteiger partial charge in [-0.15, -0.1) is 0 Å². The molecule has 158 valence electrons. The van der Waals surface area contributed by atoms with Gasteiger partial charge < -0.3 is 20.3 Å².